The van der Waals surface area contributed by atoms with Gasteiger partial charge in [0, 0.05) is 12.7 Å². The van der Waals surface area contributed by atoms with Crippen molar-refractivity contribution >= 4 is 17.5 Å². The van der Waals surface area contributed by atoms with Gasteiger partial charge >= 0.3 is 0 Å². The molecule has 0 spiro atoms. The van der Waals surface area contributed by atoms with Crippen LogP contribution in [0.1, 0.15) is 23.7 Å². The summed E-state index contributed by atoms with van der Waals surface area (Å²) in [7, 11) is 1.48. The van der Waals surface area contributed by atoms with Crippen LogP contribution in [0, 0.1) is 0 Å². The average molecular weight is 243 g/mol. The van der Waals surface area contributed by atoms with Crippen LogP contribution in [0.2, 0.25) is 0 Å². The van der Waals surface area contributed by atoms with Crippen molar-refractivity contribution in [2.75, 3.05) is 13.7 Å². The summed E-state index contributed by atoms with van der Waals surface area (Å²) < 4.78 is 4.99. The third kappa shape index (κ3) is 3.38. The number of carbonyl (C=O) groups is 1. The van der Waals surface area contributed by atoms with E-state index in [0.717, 1.165) is 6.42 Å². The standard InChI is InChI=1S/C11H15ClN2O2/c1-3-8(12)7-14-10(15)9-5-4-6-13-11(9)16-2/h4-6,8H,3,7H2,1-2H3,(H,14,15). The number of methoxy groups -OCH3 is 1. The second-order valence-corrected chi connectivity index (χ2v) is 3.89. The van der Waals surface area contributed by atoms with E-state index < -0.39 is 0 Å². The SMILES string of the molecule is CCC(Cl)CNC(=O)c1cccnc1OC. The molecule has 1 amide bonds. The Hall–Kier alpha value is -1.29. The maximum absolute atomic E-state index is 11.8. The second-order valence-electron chi connectivity index (χ2n) is 3.28. The van der Waals surface area contributed by atoms with Crippen molar-refractivity contribution < 1.29 is 9.53 Å². The number of nitrogens with one attached hydrogen (secondary N) is 1. The zero-order valence-corrected chi connectivity index (χ0v) is 10.1. The lowest BCUT2D eigenvalue weighted by atomic mass is 10.2. The first-order valence-electron chi connectivity index (χ1n) is 5.10. The van der Waals surface area contributed by atoms with Crippen LogP contribution >= 0.6 is 11.6 Å². The van der Waals surface area contributed by atoms with Gasteiger partial charge in [-0.15, -0.1) is 11.6 Å². The van der Waals surface area contributed by atoms with Crippen molar-refractivity contribution in [2.45, 2.75) is 18.7 Å². The Labute approximate surface area is 100.0 Å². The molecule has 1 unspecified atom stereocenters. The first-order valence-corrected chi connectivity index (χ1v) is 5.54. The third-order valence-electron chi connectivity index (χ3n) is 2.14. The van der Waals surface area contributed by atoms with Gasteiger partial charge in [0.2, 0.25) is 5.88 Å². The lowest BCUT2D eigenvalue weighted by Gasteiger charge is -2.10. The van der Waals surface area contributed by atoms with E-state index in [-0.39, 0.29) is 11.3 Å². The summed E-state index contributed by atoms with van der Waals surface area (Å²) in [5, 5.41) is 2.68. The molecule has 0 saturated carbocycles. The first kappa shape index (κ1) is 12.8. The Morgan fingerprint density at radius 3 is 3.06 bits per heavy atom. The van der Waals surface area contributed by atoms with Crippen LogP contribution in [0.3, 0.4) is 0 Å². The Balaban J connectivity index is 2.65. The van der Waals surface area contributed by atoms with Crippen LogP contribution in [-0.2, 0) is 0 Å². The molecule has 4 nitrogen and oxygen atoms in total. The molecular weight excluding hydrogens is 228 g/mol. The van der Waals surface area contributed by atoms with Gasteiger partial charge in [-0.1, -0.05) is 6.92 Å². The molecule has 1 rings (SSSR count). The van der Waals surface area contributed by atoms with Crippen molar-refractivity contribution in [2.24, 2.45) is 0 Å². The molecule has 0 bridgehead atoms. The molecule has 0 aromatic carbocycles. The van der Waals surface area contributed by atoms with Gasteiger partial charge in [-0.2, -0.15) is 0 Å². The zero-order valence-electron chi connectivity index (χ0n) is 9.37. The molecule has 0 aliphatic carbocycles. The maximum atomic E-state index is 11.8. The van der Waals surface area contributed by atoms with Crippen LogP contribution in [0.15, 0.2) is 18.3 Å². The molecule has 1 atom stereocenters. The van der Waals surface area contributed by atoms with Gasteiger partial charge in [-0.25, -0.2) is 4.98 Å². The Morgan fingerprint density at radius 2 is 2.44 bits per heavy atom. The number of hydrogen-bond donors (Lipinski definition) is 1. The fourth-order valence-corrected chi connectivity index (χ4v) is 1.25. The predicted octanol–water partition coefficient (Wildman–Crippen LogP) is 1.84. The van der Waals surface area contributed by atoms with Crippen molar-refractivity contribution in [3.8, 4) is 5.88 Å². The number of ether oxygens (including phenoxy) is 1. The van der Waals surface area contributed by atoms with E-state index >= 15 is 0 Å². The number of rotatable bonds is 5. The van der Waals surface area contributed by atoms with E-state index in [1.165, 1.54) is 7.11 Å². The summed E-state index contributed by atoms with van der Waals surface area (Å²) in [6.45, 7) is 2.41. The lowest BCUT2D eigenvalue weighted by molar-refractivity contribution is 0.0949. The largest absolute Gasteiger partial charge is 0.480 e. The summed E-state index contributed by atoms with van der Waals surface area (Å²) in [4.78, 5) is 15.7. The van der Waals surface area contributed by atoms with Crippen molar-refractivity contribution in [1.29, 1.82) is 0 Å². The Kier molecular flexibility index (Phi) is 5.05. The normalized spacial score (nSPS) is 11.9. The average Bonchev–Trinajstić information content (AvgIpc) is 2.35. The second kappa shape index (κ2) is 6.33. The fourth-order valence-electron chi connectivity index (χ4n) is 1.17. The predicted molar refractivity (Wildman–Crippen MR) is 63.1 cm³/mol. The monoisotopic (exact) mass is 242 g/mol. The highest BCUT2D eigenvalue weighted by molar-refractivity contribution is 6.20. The van der Waals surface area contributed by atoms with E-state index in [2.05, 4.69) is 10.3 Å². The fraction of sp³-hybridized carbons (Fsp3) is 0.455. The zero-order chi connectivity index (χ0) is 12.0. The van der Waals surface area contributed by atoms with E-state index in [1.54, 1.807) is 18.3 Å². The van der Waals surface area contributed by atoms with E-state index in [4.69, 9.17) is 16.3 Å². The number of pyridine rings is 1. The molecule has 5 heteroatoms. The smallest absolute Gasteiger partial charge is 0.256 e. The van der Waals surface area contributed by atoms with E-state index in [1.807, 2.05) is 6.92 Å². The highest BCUT2D eigenvalue weighted by Gasteiger charge is 2.13. The van der Waals surface area contributed by atoms with Crippen molar-refractivity contribution in [3.05, 3.63) is 23.9 Å². The summed E-state index contributed by atoms with van der Waals surface area (Å²) in [5.74, 6) is 0.103. The number of nitrogens with zero attached hydrogens (tertiary/aromatic N) is 1. The van der Waals surface area contributed by atoms with Gasteiger partial charge in [0.1, 0.15) is 5.56 Å². The molecular formula is C11H15ClN2O2. The first-order chi connectivity index (χ1) is 7.69. The topological polar surface area (TPSA) is 51.2 Å². The molecule has 1 N–H and O–H groups in total. The summed E-state index contributed by atoms with van der Waals surface area (Å²) in [6, 6.07) is 3.35. The van der Waals surface area contributed by atoms with E-state index in [0.29, 0.717) is 18.0 Å². The molecule has 0 aliphatic heterocycles. The molecule has 1 heterocycles. The van der Waals surface area contributed by atoms with Crippen LogP contribution in [-0.4, -0.2) is 29.9 Å². The highest BCUT2D eigenvalue weighted by atomic mass is 35.5. The summed E-state index contributed by atoms with van der Waals surface area (Å²) in [5.41, 5.74) is 0.421. The number of alkyl halides is 1. The summed E-state index contributed by atoms with van der Waals surface area (Å²) in [6.07, 6.45) is 2.39. The molecule has 0 fully saturated rings. The third-order valence-corrected chi connectivity index (χ3v) is 2.60. The Morgan fingerprint density at radius 1 is 1.69 bits per heavy atom. The van der Waals surface area contributed by atoms with Gasteiger partial charge in [-0.3, -0.25) is 4.79 Å². The minimum Gasteiger partial charge on any atom is -0.480 e. The number of halogens is 1. The number of aromatic nitrogens is 1. The number of hydrogen-bond acceptors (Lipinski definition) is 3. The Bertz CT molecular complexity index is 358. The molecule has 0 radical (unpaired) electrons. The van der Waals surface area contributed by atoms with Gasteiger partial charge in [0.05, 0.1) is 12.5 Å². The van der Waals surface area contributed by atoms with Gasteiger partial charge in [0.25, 0.3) is 5.91 Å². The molecule has 1 aromatic rings. The van der Waals surface area contributed by atoms with Gasteiger partial charge in [0.15, 0.2) is 0 Å². The quantitative estimate of drug-likeness (QED) is 0.802. The van der Waals surface area contributed by atoms with Crippen LogP contribution in [0.25, 0.3) is 0 Å². The molecule has 0 saturated heterocycles. The molecule has 88 valence electrons. The maximum Gasteiger partial charge on any atom is 0.256 e. The minimum absolute atomic E-state index is 0.0494. The molecule has 0 aliphatic rings. The number of amides is 1. The van der Waals surface area contributed by atoms with Crippen LogP contribution in [0.4, 0.5) is 0 Å². The minimum atomic E-state index is -0.218. The van der Waals surface area contributed by atoms with E-state index in [9.17, 15) is 4.79 Å². The van der Waals surface area contributed by atoms with Crippen LogP contribution < -0.4 is 10.1 Å². The highest BCUT2D eigenvalue weighted by Crippen LogP contribution is 2.13. The van der Waals surface area contributed by atoms with Crippen molar-refractivity contribution in [3.63, 3.8) is 0 Å². The van der Waals surface area contributed by atoms with Gasteiger partial charge in [-0.05, 0) is 18.6 Å². The molecule has 1 aromatic heterocycles. The lowest BCUT2D eigenvalue weighted by Crippen LogP contribution is -2.29. The van der Waals surface area contributed by atoms with Crippen LogP contribution in [0.5, 0.6) is 5.88 Å². The summed E-state index contributed by atoms with van der Waals surface area (Å²) >= 11 is 5.91. The van der Waals surface area contributed by atoms with Crippen molar-refractivity contribution in [1.82, 2.24) is 10.3 Å². The van der Waals surface area contributed by atoms with Gasteiger partial charge < -0.3 is 10.1 Å². The number of carbonyl (C=O) groups excluding carboxylic acids is 1. The molecule has 16 heavy (non-hydrogen) atoms.